The van der Waals surface area contributed by atoms with Crippen molar-refractivity contribution in [3.63, 3.8) is 0 Å². The Hall–Kier alpha value is -1.39. The van der Waals surface area contributed by atoms with E-state index in [-0.39, 0.29) is 12.5 Å². The number of rotatable bonds is 56. The van der Waals surface area contributed by atoms with Gasteiger partial charge in [-0.05, 0) is 57.8 Å². The highest BCUT2D eigenvalue weighted by Crippen LogP contribution is 2.17. The Labute approximate surface area is 414 Å². The number of hydrogen-bond donors (Lipinski definition) is 3. The van der Waals surface area contributed by atoms with Crippen LogP contribution < -0.4 is 5.32 Å². The van der Waals surface area contributed by atoms with Gasteiger partial charge < -0.3 is 15.5 Å². The molecule has 3 N–H and O–H groups in total. The predicted octanol–water partition coefficient (Wildman–Crippen LogP) is 20.0. The van der Waals surface area contributed by atoms with Crippen molar-refractivity contribution in [3.8, 4) is 0 Å². The van der Waals surface area contributed by atoms with Crippen molar-refractivity contribution in [1.29, 1.82) is 0 Å². The van der Waals surface area contributed by atoms with Crippen molar-refractivity contribution in [2.75, 3.05) is 6.61 Å². The second-order valence-corrected chi connectivity index (χ2v) is 20.8. The maximum Gasteiger partial charge on any atom is 0.220 e. The Morgan fingerprint density at radius 2 is 0.591 bits per heavy atom. The Kier molecular flexibility index (Phi) is 56.7. The van der Waals surface area contributed by atoms with Crippen molar-refractivity contribution in [2.24, 2.45) is 0 Å². The summed E-state index contributed by atoms with van der Waals surface area (Å²) in [6.07, 6.45) is 79.1. The van der Waals surface area contributed by atoms with Gasteiger partial charge in [-0.2, -0.15) is 0 Å². The smallest absolute Gasteiger partial charge is 0.220 e. The van der Waals surface area contributed by atoms with Crippen LogP contribution in [0.2, 0.25) is 0 Å². The molecule has 4 heteroatoms. The zero-order chi connectivity index (χ0) is 47.7. The molecule has 0 radical (unpaired) electrons. The van der Waals surface area contributed by atoms with E-state index in [1.54, 1.807) is 6.08 Å². The third-order valence-corrected chi connectivity index (χ3v) is 14.1. The van der Waals surface area contributed by atoms with Gasteiger partial charge in [-0.3, -0.25) is 4.79 Å². The van der Waals surface area contributed by atoms with Crippen molar-refractivity contribution < 1.29 is 15.0 Å². The molecule has 390 valence electrons. The first-order valence-electron chi connectivity index (χ1n) is 30.2. The van der Waals surface area contributed by atoms with Crippen molar-refractivity contribution in [2.45, 2.75) is 347 Å². The minimum atomic E-state index is -0.862. The summed E-state index contributed by atoms with van der Waals surface area (Å²) in [6.45, 7) is 4.33. The molecular weight excluding hydrogens is 807 g/mol. The van der Waals surface area contributed by atoms with Gasteiger partial charge in [0.05, 0.1) is 18.8 Å². The lowest BCUT2D eigenvalue weighted by Crippen LogP contribution is -2.45. The molecule has 0 aliphatic heterocycles. The molecule has 66 heavy (non-hydrogen) atoms. The number of aliphatic hydroxyl groups is 2. The summed E-state index contributed by atoms with van der Waals surface area (Å²) in [4.78, 5) is 12.5. The standard InChI is InChI=1S/C62H119NO3/c1-3-5-7-9-11-13-15-17-19-21-23-25-26-27-28-29-30-31-32-33-34-35-36-38-40-42-44-46-48-50-52-54-56-58-62(66)63-60(59-64)61(65)57-55-53-51-49-47-45-43-41-39-37-24-22-20-18-16-14-12-10-8-6-4-2/h27-28,47,49,55,57,60-61,64-65H,3-26,29-46,48,50-54,56,58-59H2,1-2H3,(H,63,66)/b28-27-,49-47+,57-55+. The molecule has 1 amide bonds. The monoisotopic (exact) mass is 926 g/mol. The minimum Gasteiger partial charge on any atom is -0.394 e. The summed E-state index contributed by atoms with van der Waals surface area (Å²) in [7, 11) is 0. The first-order valence-corrected chi connectivity index (χ1v) is 30.2. The first kappa shape index (κ1) is 64.6. The zero-order valence-electron chi connectivity index (χ0n) is 45.0. The summed E-state index contributed by atoms with van der Waals surface area (Å²) in [5.74, 6) is -0.0679. The molecule has 2 unspecified atom stereocenters. The van der Waals surface area contributed by atoms with Crippen LogP contribution in [0.3, 0.4) is 0 Å². The Bertz CT molecular complexity index is 1010. The second-order valence-electron chi connectivity index (χ2n) is 20.8. The zero-order valence-corrected chi connectivity index (χ0v) is 45.0. The number of allylic oxidation sites excluding steroid dienone is 5. The fraction of sp³-hybridized carbons (Fsp3) is 0.887. The molecule has 0 heterocycles. The summed E-state index contributed by atoms with van der Waals surface area (Å²) in [5, 5.41) is 23.2. The highest BCUT2D eigenvalue weighted by atomic mass is 16.3. The van der Waals surface area contributed by atoms with Gasteiger partial charge in [-0.1, -0.05) is 307 Å². The molecule has 2 atom stereocenters. The summed E-state index contributed by atoms with van der Waals surface area (Å²) >= 11 is 0. The fourth-order valence-electron chi connectivity index (χ4n) is 9.49. The summed E-state index contributed by atoms with van der Waals surface area (Å²) in [6, 6.07) is -0.638. The lowest BCUT2D eigenvalue weighted by molar-refractivity contribution is -0.123. The third kappa shape index (κ3) is 53.6. The van der Waals surface area contributed by atoms with Gasteiger partial charge >= 0.3 is 0 Å². The van der Waals surface area contributed by atoms with Gasteiger partial charge in [0.15, 0.2) is 0 Å². The number of hydrogen-bond acceptors (Lipinski definition) is 3. The molecule has 0 aliphatic rings. The average molecular weight is 927 g/mol. The van der Waals surface area contributed by atoms with Gasteiger partial charge in [0.2, 0.25) is 5.91 Å². The molecule has 0 bridgehead atoms. The molecular formula is C62H119NO3. The fourth-order valence-corrected chi connectivity index (χ4v) is 9.49. The second kappa shape index (κ2) is 57.9. The number of carbonyl (C=O) groups excluding carboxylic acids is 1. The molecule has 0 aromatic carbocycles. The number of amides is 1. The van der Waals surface area contributed by atoms with E-state index in [2.05, 4.69) is 43.5 Å². The molecule has 0 fully saturated rings. The molecule has 0 aromatic heterocycles. The van der Waals surface area contributed by atoms with Crippen LogP contribution in [0, 0.1) is 0 Å². The predicted molar refractivity (Wildman–Crippen MR) is 295 cm³/mol. The molecule has 0 spiro atoms. The SMILES string of the molecule is CCCCCCCCCCCCCC/C=C\CCCCCCCCCCCCCCCCCCCC(=O)NC(CO)C(O)/C=C/CC/C=C/CCCCCCCCCCCCCCCCC. The van der Waals surface area contributed by atoms with E-state index in [1.165, 1.54) is 283 Å². The van der Waals surface area contributed by atoms with Gasteiger partial charge in [0, 0.05) is 6.42 Å². The van der Waals surface area contributed by atoms with Crippen LogP contribution in [0.5, 0.6) is 0 Å². The van der Waals surface area contributed by atoms with Crippen LogP contribution in [0.25, 0.3) is 0 Å². The van der Waals surface area contributed by atoms with E-state index < -0.39 is 12.1 Å². The first-order chi connectivity index (χ1) is 32.7. The Balaban J connectivity index is 3.46. The lowest BCUT2D eigenvalue weighted by atomic mass is 10.0. The van der Waals surface area contributed by atoms with Crippen LogP contribution >= 0.6 is 0 Å². The molecule has 0 saturated heterocycles. The molecule has 0 aliphatic carbocycles. The highest BCUT2D eigenvalue weighted by Gasteiger charge is 2.18. The normalized spacial score (nSPS) is 13.0. The van der Waals surface area contributed by atoms with Gasteiger partial charge in [0.1, 0.15) is 0 Å². The maximum absolute atomic E-state index is 12.5. The largest absolute Gasteiger partial charge is 0.394 e. The third-order valence-electron chi connectivity index (χ3n) is 14.1. The maximum atomic E-state index is 12.5. The number of aliphatic hydroxyl groups excluding tert-OH is 2. The molecule has 0 rings (SSSR count). The highest BCUT2D eigenvalue weighted by molar-refractivity contribution is 5.76. The van der Waals surface area contributed by atoms with E-state index in [0.29, 0.717) is 6.42 Å². The van der Waals surface area contributed by atoms with E-state index >= 15 is 0 Å². The Morgan fingerprint density at radius 1 is 0.348 bits per heavy atom. The van der Waals surface area contributed by atoms with Crippen molar-refractivity contribution in [3.05, 3.63) is 36.5 Å². The number of nitrogens with one attached hydrogen (secondary N) is 1. The van der Waals surface area contributed by atoms with Crippen molar-refractivity contribution in [1.82, 2.24) is 5.32 Å². The Morgan fingerprint density at radius 3 is 0.879 bits per heavy atom. The van der Waals surface area contributed by atoms with E-state index in [0.717, 1.165) is 32.1 Å². The number of carbonyl (C=O) groups is 1. The van der Waals surface area contributed by atoms with Crippen molar-refractivity contribution >= 4 is 5.91 Å². The average Bonchev–Trinajstić information content (AvgIpc) is 3.32. The molecule has 4 nitrogen and oxygen atoms in total. The summed E-state index contributed by atoms with van der Waals surface area (Å²) in [5.41, 5.74) is 0. The summed E-state index contributed by atoms with van der Waals surface area (Å²) < 4.78 is 0. The lowest BCUT2D eigenvalue weighted by Gasteiger charge is -2.19. The van der Waals surface area contributed by atoms with Crippen LogP contribution in [-0.4, -0.2) is 34.9 Å². The van der Waals surface area contributed by atoms with Crippen LogP contribution in [0.1, 0.15) is 335 Å². The number of unbranched alkanes of at least 4 members (excludes halogenated alkanes) is 45. The van der Waals surface area contributed by atoms with E-state index in [9.17, 15) is 15.0 Å². The van der Waals surface area contributed by atoms with Crippen LogP contribution in [-0.2, 0) is 4.79 Å². The van der Waals surface area contributed by atoms with Gasteiger partial charge in [-0.25, -0.2) is 0 Å². The quantitative estimate of drug-likeness (QED) is 0.0420. The van der Waals surface area contributed by atoms with E-state index in [1.807, 2.05) is 6.08 Å². The topological polar surface area (TPSA) is 69.6 Å². The molecule has 0 aromatic rings. The van der Waals surface area contributed by atoms with Crippen LogP contribution in [0.4, 0.5) is 0 Å². The van der Waals surface area contributed by atoms with Gasteiger partial charge in [0.25, 0.3) is 0 Å². The van der Waals surface area contributed by atoms with Gasteiger partial charge in [-0.15, -0.1) is 0 Å². The van der Waals surface area contributed by atoms with E-state index in [4.69, 9.17) is 0 Å². The van der Waals surface area contributed by atoms with Crippen LogP contribution in [0.15, 0.2) is 36.5 Å². The molecule has 0 saturated carbocycles. The minimum absolute atomic E-state index is 0.0679.